The fraction of sp³-hybridized carbons (Fsp3) is 0.632. The molecule has 0 amide bonds. The number of benzene rings is 1. The van der Waals surface area contributed by atoms with Crippen LogP contribution >= 0.6 is 0 Å². The van der Waals surface area contributed by atoms with Crippen LogP contribution in [-0.4, -0.2) is 30.5 Å². The van der Waals surface area contributed by atoms with E-state index >= 15 is 0 Å². The van der Waals surface area contributed by atoms with Gasteiger partial charge in [-0.3, -0.25) is 0 Å². The van der Waals surface area contributed by atoms with E-state index in [2.05, 4.69) is 4.74 Å². The summed E-state index contributed by atoms with van der Waals surface area (Å²) < 4.78 is 91.1. The van der Waals surface area contributed by atoms with Gasteiger partial charge in [-0.2, -0.15) is 26.3 Å². The Morgan fingerprint density at radius 1 is 0.964 bits per heavy atom. The van der Waals surface area contributed by atoms with Crippen LogP contribution in [0.1, 0.15) is 58.1 Å². The van der Waals surface area contributed by atoms with E-state index in [0.29, 0.717) is 12.0 Å². The minimum absolute atomic E-state index is 0.0390. The molecule has 0 aliphatic heterocycles. The third-order valence-corrected chi connectivity index (χ3v) is 4.12. The fourth-order valence-corrected chi connectivity index (χ4v) is 2.56. The molecule has 0 saturated carbocycles. The number of carbonyl (C=O) groups excluding carboxylic acids is 1. The standard InChI is InChI=1S/C19H24F6O3/c1-6-12(2)13-7-9-14(10-8-13)17(18(20,21)22,19(23,24)25)27-11-15(26)28-16(3,4)5/h7-10,12H,6,11H2,1-5H3. The van der Waals surface area contributed by atoms with Gasteiger partial charge in [-0.1, -0.05) is 38.1 Å². The van der Waals surface area contributed by atoms with Crippen molar-refractivity contribution >= 4 is 5.97 Å². The van der Waals surface area contributed by atoms with Crippen LogP contribution in [0.25, 0.3) is 0 Å². The van der Waals surface area contributed by atoms with E-state index < -0.39 is 41.7 Å². The first-order chi connectivity index (χ1) is 12.5. The van der Waals surface area contributed by atoms with E-state index in [1.165, 1.54) is 32.9 Å². The van der Waals surface area contributed by atoms with Gasteiger partial charge >= 0.3 is 18.3 Å². The van der Waals surface area contributed by atoms with Crippen molar-refractivity contribution in [1.29, 1.82) is 0 Å². The zero-order chi connectivity index (χ0) is 22.0. The van der Waals surface area contributed by atoms with Gasteiger partial charge in [0, 0.05) is 5.56 Å². The predicted octanol–water partition coefficient (Wildman–Crippen LogP) is 5.88. The lowest BCUT2D eigenvalue weighted by Gasteiger charge is -2.37. The van der Waals surface area contributed by atoms with Gasteiger partial charge in [0.2, 0.25) is 0 Å². The Labute approximate surface area is 160 Å². The molecule has 28 heavy (non-hydrogen) atoms. The molecule has 0 radical (unpaired) electrons. The number of alkyl halides is 6. The Bertz CT molecular complexity index is 642. The zero-order valence-corrected chi connectivity index (χ0v) is 16.3. The molecule has 0 N–H and O–H groups in total. The maximum absolute atomic E-state index is 13.7. The van der Waals surface area contributed by atoms with Crippen molar-refractivity contribution in [2.75, 3.05) is 6.61 Å². The van der Waals surface area contributed by atoms with Gasteiger partial charge in [0.05, 0.1) is 0 Å². The smallest absolute Gasteiger partial charge is 0.430 e. The number of hydrogen-bond acceptors (Lipinski definition) is 3. The molecule has 0 aliphatic rings. The van der Waals surface area contributed by atoms with Crippen molar-refractivity contribution in [2.45, 2.75) is 70.5 Å². The first-order valence-electron chi connectivity index (χ1n) is 8.65. The van der Waals surface area contributed by atoms with E-state index in [1.807, 2.05) is 6.92 Å². The minimum Gasteiger partial charge on any atom is -0.458 e. The van der Waals surface area contributed by atoms with E-state index in [0.717, 1.165) is 12.1 Å². The number of carbonyl (C=O) groups is 1. The summed E-state index contributed by atoms with van der Waals surface area (Å²) >= 11 is 0. The van der Waals surface area contributed by atoms with Crippen molar-refractivity contribution in [1.82, 2.24) is 0 Å². The van der Waals surface area contributed by atoms with E-state index in [4.69, 9.17) is 4.74 Å². The summed E-state index contributed by atoms with van der Waals surface area (Å²) in [6.45, 7) is 6.42. The molecule has 1 aromatic carbocycles. The second-order valence-corrected chi connectivity index (χ2v) is 7.48. The molecule has 1 unspecified atom stereocenters. The molecule has 0 bridgehead atoms. The van der Waals surface area contributed by atoms with Crippen LogP contribution in [0.5, 0.6) is 0 Å². The maximum Gasteiger partial charge on any atom is 0.430 e. The van der Waals surface area contributed by atoms with Crippen LogP contribution in [0, 0.1) is 0 Å². The highest BCUT2D eigenvalue weighted by atomic mass is 19.4. The van der Waals surface area contributed by atoms with Gasteiger partial charge in [-0.25, -0.2) is 4.79 Å². The molecule has 1 aromatic rings. The molecule has 0 spiro atoms. The fourth-order valence-electron chi connectivity index (χ4n) is 2.56. The van der Waals surface area contributed by atoms with Gasteiger partial charge in [0.1, 0.15) is 12.2 Å². The molecule has 0 fully saturated rings. The highest BCUT2D eigenvalue weighted by molar-refractivity contribution is 5.71. The Hall–Kier alpha value is -1.77. The number of hydrogen-bond donors (Lipinski definition) is 0. The summed E-state index contributed by atoms with van der Waals surface area (Å²) in [5, 5.41) is 0. The molecule has 160 valence electrons. The van der Waals surface area contributed by atoms with Crippen LogP contribution in [0.4, 0.5) is 26.3 Å². The summed E-state index contributed by atoms with van der Waals surface area (Å²) in [6, 6.07) is 3.87. The van der Waals surface area contributed by atoms with Crippen LogP contribution in [0.2, 0.25) is 0 Å². The molecular formula is C19H24F6O3. The number of ether oxygens (including phenoxy) is 2. The quantitative estimate of drug-likeness (QED) is 0.431. The Morgan fingerprint density at radius 3 is 1.79 bits per heavy atom. The maximum atomic E-state index is 13.7. The van der Waals surface area contributed by atoms with E-state index in [-0.39, 0.29) is 5.92 Å². The van der Waals surface area contributed by atoms with Crippen molar-refractivity contribution in [3.63, 3.8) is 0 Å². The van der Waals surface area contributed by atoms with Crippen molar-refractivity contribution < 1.29 is 40.6 Å². The van der Waals surface area contributed by atoms with Gasteiger partial charge in [-0.05, 0) is 38.7 Å². The molecule has 0 heterocycles. The normalized spacial score (nSPS) is 14.7. The summed E-state index contributed by atoms with van der Waals surface area (Å²) in [5.41, 5.74) is -6.29. The van der Waals surface area contributed by atoms with Crippen LogP contribution in [0.3, 0.4) is 0 Å². The van der Waals surface area contributed by atoms with Gasteiger partial charge < -0.3 is 9.47 Å². The first-order valence-corrected chi connectivity index (χ1v) is 8.65. The lowest BCUT2D eigenvalue weighted by Crippen LogP contribution is -2.56. The molecule has 9 heteroatoms. The SMILES string of the molecule is CCC(C)c1ccc(C(OCC(=O)OC(C)(C)C)(C(F)(F)F)C(F)(F)F)cc1. The number of esters is 1. The highest BCUT2D eigenvalue weighted by Gasteiger charge is 2.73. The van der Waals surface area contributed by atoms with Gasteiger partial charge in [0.15, 0.2) is 0 Å². The average Bonchev–Trinajstić information content (AvgIpc) is 2.51. The Kier molecular flexibility index (Phi) is 7.20. The lowest BCUT2D eigenvalue weighted by molar-refractivity contribution is -0.388. The van der Waals surface area contributed by atoms with Crippen LogP contribution in [-0.2, 0) is 19.9 Å². The van der Waals surface area contributed by atoms with Crippen molar-refractivity contribution in [3.8, 4) is 0 Å². The first kappa shape index (κ1) is 24.3. The second kappa shape index (κ2) is 8.31. The van der Waals surface area contributed by atoms with Crippen LogP contribution in [0.15, 0.2) is 24.3 Å². The minimum atomic E-state index is -5.86. The molecule has 1 atom stereocenters. The molecular weight excluding hydrogens is 390 g/mol. The largest absolute Gasteiger partial charge is 0.458 e. The molecule has 3 nitrogen and oxygen atoms in total. The summed E-state index contributed by atoms with van der Waals surface area (Å²) in [4.78, 5) is 11.7. The molecule has 0 aliphatic carbocycles. The number of rotatable bonds is 6. The second-order valence-electron chi connectivity index (χ2n) is 7.48. The van der Waals surface area contributed by atoms with E-state index in [1.54, 1.807) is 6.92 Å². The predicted molar refractivity (Wildman–Crippen MR) is 90.7 cm³/mol. The zero-order valence-electron chi connectivity index (χ0n) is 16.3. The van der Waals surface area contributed by atoms with E-state index in [9.17, 15) is 31.1 Å². The molecule has 0 aromatic heterocycles. The third kappa shape index (κ3) is 5.40. The summed E-state index contributed by atoms with van der Waals surface area (Å²) in [7, 11) is 0. The third-order valence-electron chi connectivity index (χ3n) is 4.12. The number of halogens is 6. The topological polar surface area (TPSA) is 35.5 Å². The average molecular weight is 414 g/mol. The Morgan fingerprint density at radius 2 is 1.43 bits per heavy atom. The van der Waals surface area contributed by atoms with Crippen molar-refractivity contribution in [3.05, 3.63) is 35.4 Å². The summed E-state index contributed by atoms with van der Waals surface area (Å²) in [6.07, 6.45) is -11.0. The molecule has 1 rings (SSSR count). The highest BCUT2D eigenvalue weighted by Crippen LogP contribution is 2.53. The monoisotopic (exact) mass is 414 g/mol. The Balaban J connectivity index is 3.38. The lowest BCUT2D eigenvalue weighted by atomic mass is 9.89. The van der Waals surface area contributed by atoms with Crippen LogP contribution < -0.4 is 0 Å². The molecule has 0 saturated heterocycles. The van der Waals surface area contributed by atoms with Crippen molar-refractivity contribution in [2.24, 2.45) is 0 Å². The van der Waals surface area contributed by atoms with Gasteiger partial charge in [-0.15, -0.1) is 0 Å². The van der Waals surface area contributed by atoms with Gasteiger partial charge in [0.25, 0.3) is 5.60 Å². The summed E-state index contributed by atoms with van der Waals surface area (Å²) in [5.74, 6) is -1.37.